The zero-order chi connectivity index (χ0) is 12.1. The number of methoxy groups -OCH3 is 1. The number of rotatable bonds is 6. The summed E-state index contributed by atoms with van der Waals surface area (Å²) in [6.45, 7) is 6.63. The zero-order valence-electron chi connectivity index (χ0n) is 10.8. The SMILES string of the molecule is CCCN(Cc1ccccc1OC)C1CNC1. The molecule has 1 aliphatic heterocycles. The van der Waals surface area contributed by atoms with Gasteiger partial charge in [0.1, 0.15) is 5.75 Å². The molecule has 0 spiro atoms. The number of hydrogen-bond acceptors (Lipinski definition) is 3. The van der Waals surface area contributed by atoms with Crippen LogP contribution in [-0.2, 0) is 6.54 Å². The predicted molar refractivity (Wildman–Crippen MR) is 70.4 cm³/mol. The van der Waals surface area contributed by atoms with Crippen molar-refractivity contribution in [1.29, 1.82) is 0 Å². The van der Waals surface area contributed by atoms with Gasteiger partial charge in [-0.25, -0.2) is 0 Å². The van der Waals surface area contributed by atoms with Crippen molar-refractivity contribution in [1.82, 2.24) is 10.2 Å². The van der Waals surface area contributed by atoms with Crippen LogP contribution in [0.25, 0.3) is 0 Å². The molecule has 17 heavy (non-hydrogen) atoms. The molecule has 1 aromatic carbocycles. The van der Waals surface area contributed by atoms with Crippen LogP contribution in [-0.4, -0.2) is 37.7 Å². The predicted octanol–water partition coefficient (Wildman–Crippen LogP) is 1.88. The van der Waals surface area contributed by atoms with Crippen LogP contribution in [0.4, 0.5) is 0 Å². The molecular weight excluding hydrogens is 212 g/mol. The fourth-order valence-electron chi connectivity index (χ4n) is 2.26. The molecule has 0 bridgehead atoms. The molecule has 0 unspecified atom stereocenters. The van der Waals surface area contributed by atoms with Crippen molar-refractivity contribution in [2.24, 2.45) is 0 Å². The molecule has 0 amide bonds. The molecule has 3 nitrogen and oxygen atoms in total. The van der Waals surface area contributed by atoms with E-state index in [0.717, 1.165) is 31.9 Å². The van der Waals surface area contributed by atoms with Crippen LogP contribution in [0, 0.1) is 0 Å². The Kier molecular flexibility index (Phi) is 4.40. The van der Waals surface area contributed by atoms with Crippen molar-refractivity contribution >= 4 is 0 Å². The quantitative estimate of drug-likeness (QED) is 0.813. The Bertz CT molecular complexity index is 350. The van der Waals surface area contributed by atoms with E-state index in [4.69, 9.17) is 4.74 Å². The molecule has 3 heteroatoms. The third-order valence-corrected chi connectivity index (χ3v) is 3.35. The fourth-order valence-corrected chi connectivity index (χ4v) is 2.26. The number of benzene rings is 1. The van der Waals surface area contributed by atoms with E-state index < -0.39 is 0 Å². The first-order chi connectivity index (χ1) is 8.35. The highest BCUT2D eigenvalue weighted by Gasteiger charge is 2.24. The van der Waals surface area contributed by atoms with Gasteiger partial charge in [-0.3, -0.25) is 4.90 Å². The molecule has 94 valence electrons. The maximum absolute atomic E-state index is 5.41. The van der Waals surface area contributed by atoms with Gasteiger partial charge in [0, 0.05) is 31.2 Å². The smallest absolute Gasteiger partial charge is 0.123 e. The van der Waals surface area contributed by atoms with Gasteiger partial charge in [0.05, 0.1) is 7.11 Å². The van der Waals surface area contributed by atoms with Gasteiger partial charge in [0.25, 0.3) is 0 Å². The first-order valence-electron chi connectivity index (χ1n) is 6.41. The Balaban J connectivity index is 2.05. The topological polar surface area (TPSA) is 24.5 Å². The van der Waals surface area contributed by atoms with Crippen LogP contribution < -0.4 is 10.1 Å². The van der Waals surface area contributed by atoms with Gasteiger partial charge >= 0.3 is 0 Å². The molecule has 0 radical (unpaired) electrons. The molecular formula is C14H22N2O. The van der Waals surface area contributed by atoms with E-state index in [0.29, 0.717) is 6.04 Å². The Morgan fingerprint density at radius 1 is 1.35 bits per heavy atom. The van der Waals surface area contributed by atoms with Crippen LogP contribution in [0.1, 0.15) is 18.9 Å². The van der Waals surface area contributed by atoms with Crippen molar-refractivity contribution in [3.63, 3.8) is 0 Å². The molecule has 2 rings (SSSR count). The summed E-state index contributed by atoms with van der Waals surface area (Å²) in [7, 11) is 1.74. The average molecular weight is 234 g/mol. The minimum absolute atomic E-state index is 0.694. The molecule has 0 atom stereocenters. The lowest BCUT2D eigenvalue weighted by Gasteiger charge is -2.38. The summed E-state index contributed by atoms with van der Waals surface area (Å²) in [6, 6.07) is 9.00. The van der Waals surface area contributed by atoms with Gasteiger partial charge in [-0.1, -0.05) is 25.1 Å². The van der Waals surface area contributed by atoms with E-state index in [1.54, 1.807) is 7.11 Å². The van der Waals surface area contributed by atoms with Crippen molar-refractivity contribution < 1.29 is 4.74 Å². The van der Waals surface area contributed by atoms with E-state index in [1.165, 1.54) is 12.0 Å². The molecule has 1 aliphatic rings. The molecule has 1 aromatic rings. The Labute approximate surface area is 104 Å². The second-order valence-corrected chi connectivity index (χ2v) is 4.59. The largest absolute Gasteiger partial charge is 0.496 e. The van der Waals surface area contributed by atoms with Gasteiger partial charge in [0.2, 0.25) is 0 Å². The van der Waals surface area contributed by atoms with Crippen molar-refractivity contribution in [3.8, 4) is 5.75 Å². The lowest BCUT2D eigenvalue weighted by Crippen LogP contribution is -2.56. The number of nitrogens with zero attached hydrogens (tertiary/aromatic N) is 1. The summed E-state index contributed by atoms with van der Waals surface area (Å²) in [5.41, 5.74) is 1.29. The number of ether oxygens (including phenoxy) is 1. The molecule has 1 saturated heterocycles. The van der Waals surface area contributed by atoms with E-state index in [2.05, 4.69) is 29.3 Å². The molecule has 1 heterocycles. The van der Waals surface area contributed by atoms with Gasteiger partial charge in [-0.2, -0.15) is 0 Å². The zero-order valence-corrected chi connectivity index (χ0v) is 10.8. The van der Waals surface area contributed by atoms with Crippen molar-refractivity contribution in [2.75, 3.05) is 26.7 Å². The fraction of sp³-hybridized carbons (Fsp3) is 0.571. The number of para-hydroxylation sites is 1. The molecule has 0 aliphatic carbocycles. The van der Waals surface area contributed by atoms with Crippen LogP contribution in [0.3, 0.4) is 0 Å². The maximum atomic E-state index is 5.41. The van der Waals surface area contributed by atoms with Crippen LogP contribution >= 0.6 is 0 Å². The molecule has 0 aromatic heterocycles. The van der Waals surface area contributed by atoms with Crippen LogP contribution in [0.15, 0.2) is 24.3 Å². The summed E-state index contributed by atoms with van der Waals surface area (Å²) in [5, 5.41) is 3.34. The normalized spacial score (nSPS) is 15.9. The minimum Gasteiger partial charge on any atom is -0.496 e. The summed E-state index contributed by atoms with van der Waals surface area (Å²) in [4.78, 5) is 2.55. The standard InChI is InChI=1S/C14H22N2O/c1-3-8-16(13-9-15-10-13)11-12-6-4-5-7-14(12)17-2/h4-7,13,15H,3,8-11H2,1-2H3. The first-order valence-corrected chi connectivity index (χ1v) is 6.41. The second kappa shape index (κ2) is 6.03. The van der Waals surface area contributed by atoms with Gasteiger partial charge < -0.3 is 10.1 Å². The Morgan fingerprint density at radius 3 is 2.71 bits per heavy atom. The minimum atomic E-state index is 0.694. The number of hydrogen-bond donors (Lipinski definition) is 1. The molecule has 1 N–H and O–H groups in total. The maximum Gasteiger partial charge on any atom is 0.123 e. The molecule has 0 saturated carbocycles. The Morgan fingerprint density at radius 2 is 2.12 bits per heavy atom. The highest BCUT2D eigenvalue weighted by molar-refractivity contribution is 5.33. The number of nitrogens with one attached hydrogen (secondary N) is 1. The summed E-state index contributed by atoms with van der Waals surface area (Å²) in [6.07, 6.45) is 1.20. The van der Waals surface area contributed by atoms with E-state index in [9.17, 15) is 0 Å². The van der Waals surface area contributed by atoms with Crippen LogP contribution in [0.5, 0.6) is 5.75 Å². The third-order valence-electron chi connectivity index (χ3n) is 3.35. The van der Waals surface area contributed by atoms with Crippen molar-refractivity contribution in [2.45, 2.75) is 25.9 Å². The highest BCUT2D eigenvalue weighted by atomic mass is 16.5. The van der Waals surface area contributed by atoms with E-state index in [-0.39, 0.29) is 0 Å². The third kappa shape index (κ3) is 2.99. The second-order valence-electron chi connectivity index (χ2n) is 4.59. The lowest BCUT2D eigenvalue weighted by molar-refractivity contribution is 0.136. The van der Waals surface area contributed by atoms with Gasteiger partial charge in [0.15, 0.2) is 0 Å². The summed E-state index contributed by atoms with van der Waals surface area (Å²) in [5.74, 6) is 1.00. The van der Waals surface area contributed by atoms with E-state index in [1.807, 2.05) is 12.1 Å². The first kappa shape index (κ1) is 12.4. The monoisotopic (exact) mass is 234 g/mol. The Hall–Kier alpha value is -1.06. The van der Waals surface area contributed by atoms with Gasteiger partial charge in [-0.15, -0.1) is 0 Å². The average Bonchev–Trinajstić information content (AvgIpc) is 2.28. The van der Waals surface area contributed by atoms with Gasteiger partial charge in [-0.05, 0) is 19.0 Å². The molecule has 1 fully saturated rings. The summed E-state index contributed by atoms with van der Waals surface area (Å²) < 4.78 is 5.41. The van der Waals surface area contributed by atoms with E-state index >= 15 is 0 Å². The van der Waals surface area contributed by atoms with Crippen molar-refractivity contribution in [3.05, 3.63) is 29.8 Å². The highest BCUT2D eigenvalue weighted by Crippen LogP contribution is 2.21. The summed E-state index contributed by atoms with van der Waals surface area (Å²) >= 11 is 0. The van der Waals surface area contributed by atoms with Crippen LogP contribution in [0.2, 0.25) is 0 Å². The lowest BCUT2D eigenvalue weighted by atomic mass is 10.1.